The van der Waals surface area contributed by atoms with Gasteiger partial charge in [0.05, 0.1) is 11.9 Å². The van der Waals surface area contributed by atoms with Gasteiger partial charge in [0.15, 0.2) is 0 Å². The quantitative estimate of drug-likeness (QED) is 0.721. The van der Waals surface area contributed by atoms with E-state index in [1.807, 2.05) is 13.8 Å². The Morgan fingerprint density at radius 3 is 2.71 bits per heavy atom. The van der Waals surface area contributed by atoms with Gasteiger partial charge in [-0.25, -0.2) is 13.1 Å². The Labute approximate surface area is 102 Å². The number of carbonyl (C=O) groups is 1. The van der Waals surface area contributed by atoms with Gasteiger partial charge < -0.3 is 9.64 Å². The Morgan fingerprint density at radius 2 is 2.18 bits per heavy atom. The molecule has 1 saturated heterocycles. The highest BCUT2D eigenvalue weighted by molar-refractivity contribution is 7.89. The normalized spacial score (nSPS) is 22.2. The molecule has 0 aromatic carbocycles. The number of amides is 1. The molecule has 1 aliphatic heterocycles. The molecule has 0 saturated carbocycles. The first kappa shape index (κ1) is 14.4. The van der Waals surface area contributed by atoms with Crippen LogP contribution in [0, 0.1) is 5.92 Å². The summed E-state index contributed by atoms with van der Waals surface area (Å²) in [6.07, 6.45) is -0.264. The fourth-order valence-corrected chi connectivity index (χ4v) is 3.04. The zero-order chi connectivity index (χ0) is 13.1. The monoisotopic (exact) mass is 264 g/mol. The summed E-state index contributed by atoms with van der Waals surface area (Å²) in [4.78, 5) is 12.7. The number of morpholine rings is 1. The van der Waals surface area contributed by atoms with Gasteiger partial charge in [0.1, 0.15) is 6.61 Å². The maximum absolute atomic E-state index is 11.6. The molecule has 100 valence electrons. The van der Waals surface area contributed by atoms with Gasteiger partial charge in [-0.05, 0) is 5.92 Å². The number of carbonyl (C=O) groups excluding carboxylic acids is 1. The van der Waals surface area contributed by atoms with Crippen LogP contribution in [0.4, 0.5) is 0 Å². The highest BCUT2D eigenvalue weighted by Gasteiger charge is 2.24. The Kier molecular flexibility index (Phi) is 4.91. The summed E-state index contributed by atoms with van der Waals surface area (Å²) in [5, 5.41) is 0. The summed E-state index contributed by atoms with van der Waals surface area (Å²) in [5.74, 6) is 0.115. The highest BCUT2D eigenvalue weighted by Crippen LogP contribution is 2.04. The molecule has 0 aliphatic carbocycles. The second kappa shape index (κ2) is 5.79. The average Bonchev–Trinajstić information content (AvgIpc) is 2.18. The lowest BCUT2D eigenvalue weighted by Crippen LogP contribution is -2.49. The minimum atomic E-state index is -3.24. The van der Waals surface area contributed by atoms with E-state index in [0.717, 1.165) is 0 Å². The van der Waals surface area contributed by atoms with Crippen LogP contribution in [0.2, 0.25) is 0 Å². The molecular weight excluding hydrogens is 244 g/mol. The molecule has 0 radical (unpaired) electrons. The number of rotatable bonds is 5. The first-order chi connectivity index (χ1) is 7.80. The summed E-state index contributed by atoms with van der Waals surface area (Å²) in [6, 6.07) is 0. The SMILES string of the molecule is CC(C)CS(=O)(=O)NC[C@H]1CN(C)C(=O)CO1. The molecule has 1 fully saturated rings. The van der Waals surface area contributed by atoms with Crippen molar-refractivity contribution in [1.29, 1.82) is 0 Å². The first-order valence-electron chi connectivity index (χ1n) is 5.63. The van der Waals surface area contributed by atoms with Crippen molar-refractivity contribution in [2.24, 2.45) is 5.92 Å². The predicted octanol–water partition coefficient (Wildman–Crippen LogP) is -0.581. The molecule has 1 N–H and O–H groups in total. The highest BCUT2D eigenvalue weighted by atomic mass is 32.2. The van der Waals surface area contributed by atoms with Gasteiger partial charge in [0.2, 0.25) is 15.9 Å². The lowest BCUT2D eigenvalue weighted by atomic mass is 10.3. The van der Waals surface area contributed by atoms with Crippen LogP contribution in [0.5, 0.6) is 0 Å². The molecule has 1 heterocycles. The maximum Gasteiger partial charge on any atom is 0.248 e. The molecular formula is C10H20N2O4S. The molecule has 0 aromatic rings. The van der Waals surface area contributed by atoms with Crippen LogP contribution in [0.3, 0.4) is 0 Å². The molecule has 0 aromatic heterocycles. The van der Waals surface area contributed by atoms with Crippen molar-refractivity contribution in [2.45, 2.75) is 20.0 Å². The van der Waals surface area contributed by atoms with Crippen LogP contribution in [-0.2, 0) is 19.6 Å². The maximum atomic E-state index is 11.6. The van der Waals surface area contributed by atoms with Gasteiger partial charge in [0, 0.05) is 20.1 Å². The van der Waals surface area contributed by atoms with Gasteiger partial charge in [-0.2, -0.15) is 0 Å². The summed E-state index contributed by atoms with van der Waals surface area (Å²) < 4.78 is 30.9. The number of hydrogen-bond acceptors (Lipinski definition) is 4. The van der Waals surface area contributed by atoms with Crippen molar-refractivity contribution in [3.8, 4) is 0 Å². The zero-order valence-electron chi connectivity index (χ0n) is 10.5. The van der Waals surface area contributed by atoms with Crippen LogP contribution in [-0.4, -0.2) is 57.8 Å². The average molecular weight is 264 g/mol. The zero-order valence-corrected chi connectivity index (χ0v) is 11.3. The molecule has 1 aliphatic rings. The fourth-order valence-electron chi connectivity index (χ4n) is 1.60. The number of ether oxygens (including phenoxy) is 1. The number of likely N-dealkylation sites (N-methyl/N-ethyl adjacent to an activating group) is 1. The predicted molar refractivity (Wildman–Crippen MR) is 64.0 cm³/mol. The second-order valence-corrected chi connectivity index (χ2v) is 6.58. The largest absolute Gasteiger partial charge is 0.365 e. The van der Waals surface area contributed by atoms with Gasteiger partial charge in [0.25, 0.3) is 0 Å². The third kappa shape index (κ3) is 5.01. The van der Waals surface area contributed by atoms with E-state index in [1.165, 1.54) is 0 Å². The summed E-state index contributed by atoms with van der Waals surface area (Å²) in [7, 11) is -1.56. The second-order valence-electron chi connectivity index (χ2n) is 4.73. The van der Waals surface area contributed by atoms with Crippen molar-refractivity contribution in [2.75, 3.05) is 32.5 Å². The molecule has 1 atom stereocenters. The van der Waals surface area contributed by atoms with E-state index in [-0.39, 0.29) is 36.8 Å². The van der Waals surface area contributed by atoms with Crippen molar-refractivity contribution < 1.29 is 17.9 Å². The lowest BCUT2D eigenvalue weighted by molar-refractivity contribution is -0.146. The Balaban J connectivity index is 2.39. The van der Waals surface area contributed by atoms with Crippen molar-refractivity contribution in [3.05, 3.63) is 0 Å². The molecule has 0 unspecified atom stereocenters. The first-order valence-corrected chi connectivity index (χ1v) is 7.28. The van der Waals surface area contributed by atoms with Crippen molar-refractivity contribution >= 4 is 15.9 Å². The number of nitrogens with one attached hydrogen (secondary N) is 1. The van der Waals surface area contributed by atoms with E-state index in [2.05, 4.69) is 4.72 Å². The molecule has 1 rings (SSSR count). The van der Waals surface area contributed by atoms with E-state index in [0.29, 0.717) is 6.54 Å². The van der Waals surface area contributed by atoms with Gasteiger partial charge in [-0.15, -0.1) is 0 Å². The topological polar surface area (TPSA) is 75.7 Å². The number of sulfonamides is 1. The number of hydrogen-bond donors (Lipinski definition) is 1. The van der Waals surface area contributed by atoms with Crippen LogP contribution in [0.1, 0.15) is 13.8 Å². The minimum absolute atomic E-state index is 0.0209. The lowest BCUT2D eigenvalue weighted by Gasteiger charge is -2.29. The van der Waals surface area contributed by atoms with E-state index in [1.54, 1.807) is 11.9 Å². The van der Waals surface area contributed by atoms with Crippen LogP contribution < -0.4 is 4.72 Å². The van der Waals surface area contributed by atoms with Crippen molar-refractivity contribution in [1.82, 2.24) is 9.62 Å². The third-order valence-electron chi connectivity index (χ3n) is 2.43. The summed E-state index contributed by atoms with van der Waals surface area (Å²) >= 11 is 0. The molecule has 7 heteroatoms. The summed E-state index contributed by atoms with van der Waals surface area (Å²) in [6.45, 7) is 4.36. The Hall–Kier alpha value is -0.660. The molecule has 1 amide bonds. The Morgan fingerprint density at radius 1 is 1.53 bits per heavy atom. The summed E-state index contributed by atoms with van der Waals surface area (Å²) in [5.41, 5.74) is 0. The third-order valence-corrected chi connectivity index (χ3v) is 4.14. The standard InChI is InChI=1S/C10H20N2O4S/c1-8(2)7-17(14,15)11-4-9-5-12(3)10(13)6-16-9/h8-9,11H,4-7H2,1-3H3/t9-/m0/s1. The molecule has 0 spiro atoms. The van der Waals surface area contributed by atoms with Crippen LogP contribution in [0.25, 0.3) is 0 Å². The van der Waals surface area contributed by atoms with Crippen LogP contribution >= 0.6 is 0 Å². The van der Waals surface area contributed by atoms with E-state index >= 15 is 0 Å². The molecule has 17 heavy (non-hydrogen) atoms. The fraction of sp³-hybridized carbons (Fsp3) is 0.900. The van der Waals surface area contributed by atoms with Gasteiger partial charge in [-0.3, -0.25) is 4.79 Å². The molecule has 6 nitrogen and oxygen atoms in total. The Bertz CT molecular complexity index is 367. The minimum Gasteiger partial charge on any atom is -0.365 e. The van der Waals surface area contributed by atoms with Gasteiger partial charge >= 0.3 is 0 Å². The molecule has 0 bridgehead atoms. The van der Waals surface area contributed by atoms with E-state index < -0.39 is 10.0 Å². The number of nitrogens with zero attached hydrogens (tertiary/aromatic N) is 1. The smallest absolute Gasteiger partial charge is 0.248 e. The van der Waals surface area contributed by atoms with Crippen molar-refractivity contribution in [3.63, 3.8) is 0 Å². The van der Waals surface area contributed by atoms with Gasteiger partial charge in [-0.1, -0.05) is 13.8 Å². The van der Waals surface area contributed by atoms with E-state index in [9.17, 15) is 13.2 Å². The van der Waals surface area contributed by atoms with E-state index in [4.69, 9.17) is 4.74 Å². The van der Waals surface area contributed by atoms with Crippen LogP contribution in [0.15, 0.2) is 0 Å².